The fourth-order valence-corrected chi connectivity index (χ4v) is 2.74. The molecule has 0 saturated heterocycles. The van der Waals surface area contributed by atoms with Gasteiger partial charge in [-0.15, -0.1) is 11.3 Å². The molecule has 0 aliphatic heterocycles. The summed E-state index contributed by atoms with van der Waals surface area (Å²) in [7, 11) is 0. The van der Waals surface area contributed by atoms with Gasteiger partial charge in [0.2, 0.25) is 5.91 Å². The Morgan fingerprint density at radius 1 is 1.10 bits per heavy atom. The van der Waals surface area contributed by atoms with Crippen LogP contribution in [0.15, 0.2) is 40.2 Å². The fraction of sp³-hybridized carbons (Fsp3) is 0.0769. The number of hydrogen-bond donors (Lipinski definition) is 2. The van der Waals surface area contributed by atoms with E-state index in [9.17, 15) is 14.0 Å². The van der Waals surface area contributed by atoms with Crippen LogP contribution >= 0.6 is 27.3 Å². The van der Waals surface area contributed by atoms with E-state index in [1.54, 1.807) is 12.1 Å². The topological polar surface area (TPSA) is 58.2 Å². The lowest BCUT2D eigenvalue weighted by molar-refractivity contribution is -0.121. The van der Waals surface area contributed by atoms with Gasteiger partial charge in [0.25, 0.3) is 5.91 Å². The Kier molecular flexibility index (Phi) is 4.86. The summed E-state index contributed by atoms with van der Waals surface area (Å²) in [4.78, 5) is 23.8. The molecule has 2 amide bonds. The molecule has 1 aromatic heterocycles. The highest BCUT2D eigenvalue weighted by Gasteiger charge is 2.10. The Morgan fingerprint density at radius 2 is 1.80 bits per heavy atom. The van der Waals surface area contributed by atoms with Crippen LogP contribution in [0.1, 0.15) is 15.2 Å². The molecule has 2 rings (SSSR count). The van der Waals surface area contributed by atoms with Crippen LogP contribution in [0.4, 0.5) is 4.39 Å². The van der Waals surface area contributed by atoms with Gasteiger partial charge in [0.05, 0.1) is 15.1 Å². The Bertz CT molecular complexity index is 628. The van der Waals surface area contributed by atoms with Crippen molar-refractivity contribution >= 4 is 39.1 Å². The highest BCUT2D eigenvalue weighted by molar-refractivity contribution is 9.11. The van der Waals surface area contributed by atoms with E-state index in [-0.39, 0.29) is 24.1 Å². The summed E-state index contributed by atoms with van der Waals surface area (Å²) in [5, 5.41) is 0. The van der Waals surface area contributed by atoms with Gasteiger partial charge in [0.15, 0.2) is 0 Å². The van der Waals surface area contributed by atoms with Crippen molar-refractivity contribution < 1.29 is 14.0 Å². The molecule has 0 fully saturated rings. The van der Waals surface area contributed by atoms with E-state index in [1.807, 2.05) is 0 Å². The zero-order valence-corrected chi connectivity index (χ0v) is 12.6. The van der Waals surface area contributed by atoms with Gasteiger partial charge in [0.1, 0.15) is 5.82 Å². The lowest BCUT2D eigenvalue weighted by atomic mass is 10.1. The van der Waals surface area contributed by atoms with Gasteiger partial charge < -0.3 is 0 Å². The van der Waals surface area contributed by atoms with Crippen molar-refractivity contribution in [1.82, 2.24) is 10.9 Å². The van der Waals surface area contributed by atoms with Crippen LogP contribution in [0.5, 0.6) is 0 Å². The average molecular weight is 357 g/mol. The first-order chi connectivity index (χ1) is 9.54. The maximum Gasteiger partial charge on any atom is 0.279 e. The van der Waals surface area contributed by atoms with Gasteiger partial charge in [-0.25, -0.2) is 4.39 Å². The predicted molar refractivity (Wildman–Crippen MR) is 77.7 cm³/mol. The summed E-state index contributed by atoms with van der Waals surface area (Å²) in [6, 6.07) is 9.01. The number of carbonyl (C=O) groups is 2. The van der Waals surface area contributed by atoms with E-state index in [4.69, 9.17) is 0 Å². The maximum absolute atomic E-state index is 12.7. The SMILES string of the molecule is O=C(Cc1ccc(F)cc1)NNC(=O)c1ccc(Br)s1. The second kappa shape index (κ2) is 6.62. The number of thiophene rings is 1. The predicted octanol–water partition coefficient (Wildman–Crippen LogP) is 2.65. The summed E-state index contributed by atoms with van der Waals surface area (Å²) >= 11 is 4.52. The molecule has 0 spiro atoms. The molecule has 0 aliphatic rings. The molecule has 1 heterocycles. The minimum Gasteiger partial charge on any atom is -0.273 e. The van der Waals surface area contributed by atoms with Crippen molar-refractivity contribution in [3.8, 4) is 0 Å². The normalized spacial score (nSPS) is 10.1. The molecule has 7 heteroatoms. The van der Waals surface area contributed by atoms with Crippen LogP contribution < -0.4 is 10.9 Å². The Labute approximate surface area is 127 Å². The first kappa shape index (κ1) is 14.7. The quantitative estimate of drug-likeness (QED) is 0.830. The van der Waals surface area contributed by atoms with Gasteiger partial charge in [-0.05, 0) is 45.8 Å². The van der Waals surface area contributed by atoms with Crippen LogP contribution in [0.2, 0.25) is 0 Å². The second-order valence-corrected chi connectivity index (χ2v) is 6.37. The zero-order chi connectivity index (χ0) is 14.5. The van der Waals surface area contributed by atoms with Crippen molar-refractivity contribution in [2.45, 2.75) is 6.42 Å². The number of benzene rings is 1. The largest absolute Gasteiger partial charge is 0.279 e. The van der Waals surface area contributed by atoms with Crippen molar-refractivity contribution in [2.24, 2.45) is 0 Å². The lowest BCUT2D eigenvalue weighted by Crippen LogP contribution is -2.42. The van der Waals surface area contributed by atoms with E-state index < -0.39 is 0 Å². The third-order valence-corrected chi connectivity index (χ3v) is 4.01. The van der Waals surface area contributed by atoms with Gasteiger partial charge >= 0.3 is 0 Å². The molecule has 20 heavy (non-hydrogen) atoms. The molecule has 0 bridgehead atoms. The zero-order valence-electron chi connectivity index (χ0n) is 10.2. The first-order valence-corrected chi connectivity index (χ1v) is 7.24. The van der Waals surface area contributed by atoms with E-state index in [2.05, 4.69) is 26.8 Å². The van der Waals surface area contributed by atoms with Gasteiger partial charge in [-0.1, -0.05) is 12.1 Å². The van der Waals surface area contributed by atoms with Crippen LogP contribution in [0.3, 0.4) is 0 Å². The molecule has 0 atom stereocenters. The summed E-state index contributed by atoms with van der Waals surface area (Å²) in [5.41, 5.74) is 5.30. The standard InChI is InChI=1S/C13H10BrFN2O2S/c14-11-6-5-10(20-11)13(19)17-16-12(18)7-8-1-3-9(15)4-2-8/h1-6H,7H2,(H,16,18)(H,17,19). The summed E-state index contributed by atoms with van der Waals surface area (Å²) in [6.45, 7) is 0. The summed E-state index contributed by atoms with van der Waals surface area (Å²) < 4.78 is 13.5. The Hall–Kier alpha value is -1.73. The second-order valence-electron chi connectivity index (χ2n) is 3.91. The first-order valence-electron chi connectivity index (χ1n) is 5.63. The minimum absolute atomic E-state index is 0.0642. The van der Waals surface area contributed by atoms with Crippen molar-refractivity contribution in [1.29, 1.82) is 0 Å². The molecule has 0 unspecified atom stereocenters. The molecule has 1 aromatic carbocycles. The highest BCUT2D eigenvalue weighted by Crippen LogP contribution is 2.21. The third kappa shape index (κ3) is 4.14. The van der Waals surface area contributed by atoms with Crippen LogP contribution in [-0.4, -0.2) is 11.8 Å². The molecule has 4 nitrogen and oxygen atoms in total. The van der Waals surface area contributed by atoms with E-state index in [0.29, 0.717) is 10.4 Å². The van der Waals surface area contributed by atoms with Gasteiger partial charge in [0, 0.05) is 0 Å². The molecule has 0 saturated carbocycles. The maximum atomic E-state index is 12.7. The minimum atomic E-state index is -0.381. The van der Waals surface area contributed by atoms with Crippen molar-refractivity contribution in [3.05, 3.63) is 56.4 Å². The fourth-order valence-electron chi connectivity index (χ4n) is 1.46. The number of rotatable bonds is 3. The summed E-state index contributed by atoms with van der Waals surface area (Å²) in [5.74, 6) is -1.11. The van der Waals surface area contributed by atoms with Crippen LogP contribution in [-0.2, 0) is 11.2 Å². The average Bonchev–Trinajstić information content (AvgIpc) is 2.85. The van der Waals surface area contributed by atoms with E-state index in [0.717, 1.165) is 3.79 Å². The number of halogens is 2. The van der Waals surface area contributed by atoms with Crippen molar-refractivity contribution in [3.63, 3.8) is 0 Å². The number of carbonyl (C=O) groups excluding carboxylic acids is 2. The highest BCUT2D eigenvalue weighted by atomic mass is 79.9. The lowest BCUT2D eigenvalue weighted by Gasteiger charge is -2.06. The van der Waals surface area contributed by atoms with E-state index in [1.165, 1.54) is 35.6 Å². The van der Waals surface area contributed by atoms with E-state index >= 15 is 0 Å². The smallest absolute Gasteiger partial charge is 0.273 e. The number of nitrogens with one attached hydrogen (secondary N) is 2. The third-order valence-electron chi connectivity index (χ3n) is 2.39. The monoisotopic (exact) mass is 356 g/mol. The Morgan fingerprint density at radius 3 is 2.40 bits per heavy atom. The molecule has 104 valence electrons. The molecular formula is C13H10BrFN2O2S. The van der Waals surface area contributed by atoms with Gasteiger partial charge in [-0.3, -0.25) is 20.4 Å². The molecule has 0 aliphatic carbocycles. The number of hydrogen-bond acceptors (Lipinski definition) is 3. The van der Waals surface area contributed by atoms with Crippen LogP contribution in [0, 0.1) is 5.82 Å². The number of amides is 2. The van der Waals surface area contributed by atoms with Crippen molar-refractivity contribution in [2.75, 3.05) is 0 Å². The molecule has 2 N–H and O–H groups in total. The van der Waals surface area contributed by atoms with Crippen LogP contribution in [0.25, 0.3) is 0 Å². The number of hydrazine groups is 1. The molecule has 0 radical (unpaired) electrons. The molecular weight excluding hydrogens is 347 g/mol. The Balaban J connectivity index is 1.83. The molecule has 2 aromatic rings. The summed E-state index contributed by atoms with van der Waals surface area (Å²) in [6.07, 6.45) is 0.0642. The van der Waals surface area contributed by atoms with Gasteiger partial charge in [-0.2, -0.15) is 0 Å².